The Hall–Kier alpha value is -2.04. The van der Waals surface area contributed by atoms with Crippen molar-refractivity contribution in [1.82, 2.24) is 15.0 Å². The number of nitrogens with one attached hydrogen (secondary N) is 1. The third kappa shape index (κ3) is 4.82. The van der Waals surface area contributed by atoms with Crippen LogP contribution in [0.15, 0.2) is 17.4 Å². The number of aromatic nitrogens is 3. The number of thiophene rings is 1. The Morgan fingerprint density at radius 2 is 2.07 bits per heavy atom. The zero-order valence-electron chi connectivity index (χ0n) is 15.1. The van der Waals surface area contributed by atoms with E-state index >= 15 is 0 Å². The van der Waals surface area contributed by atoms with Gasteiger partial charge in [-0.2, -0.15) is 0 Å². The minimum Gasteiger partial charge on any atom is -0.462 e. The predicted octanol–water partition coefficient (Wildman–Crippen LogP) is 4.06. The fourth-order valence-corrected chi connectivity index (χ4v) is 5.03. The van der Waals surface area contributed by atoms with Gasteiger partial charge >= 0.3 is 5.97 Å². The summed E-state index contributed by atoms with van der Waals surface area (Å²) in [5.74, 6) is 0.0166. The van der Waals surface area contributed by atoms with Crippen LogP contribution >= 0.6 is 34.4 Å². The largest absolute Gasteiger partial charge is 0.462 e. The number of hydrogen-bond acceptors (Lipinski definition) is 9. The molecule has 0 saturated heterocycles. The van der Waals surface area contributed by atoms with Crippen molar-refractivity contribution in [2.75, 3.05) is 17.7 Å². The van der Waals surface area contributed by atoms with Gasteiger partial charge in [0.1, 0.15) is 21.1 Å². The average Bonchev–Trinajstić information content (AvgIpc) is 3.17. The highest BCUT2D eigenvalue weighted by atomic mass is 32.2. The Labute approximate surface area is 168 Å². The van der Waals surface area contributed by atoms with Crippen LogP contribution in [0.2, 0.25) is 0 Å². The molecule has 3 aromatic heterocycles. The molecule has 0 saturated carbocycles. The van der Waals surface area contributed by atoms with Crippen LogP contribution in [0.1, 0.15) is 33.6 Å². The van der Waals surface area contributed by atoms with Crippen LogP contribution in [-0.4, -0.2) is 39.2 Å². The normalized spacial score (nSPS) is 10.9. The van der Waals surface area contributed by atoms with E-state index in [4.69, 9.17) is 4.74 Å². The summed E-state index contributed by atoms with van der Waals surface area (Å²) in [7, 11) is 0. The topological polar surface area (TPSA) is 94.1 Å². The Kier molecular flexibility index (Phi) is 6.40. The lowest BCUT2D eigenvalue weighted by Gasteiger charge is -2.02. The van der Waals surface area contributed by atoms with Crippen LogP contribution in [-0.2, 0) is 9.53 Å². The van der Waals surface area contributed by atoms with Crippen molar-refractivity contribution < 1.29 is 14.3 Å². The molecule has 1 amide bonds. The van der Waals surface area contributed by atoms with E-state index in [1.54, 1.807) is 31.5 Å². The van der Waals surface area contributed by atoms with Crippen molar-refractivity contribution in [2.45, 2.75) is 32.2 Å². The molecule has 0 unspecified atom stereocenters. The number of esters is 1. The maximum absolute atomic E-state index is 12.2. The monoisotopic (exact) mass is 422 g/mol. The number of carbonyl (C=O) groups is 2. The first-order chi connectivity index (χ1) is 13.0. The summed E-state index contributed by atoms with van der Waals surface area (Å²) in [6, 6.07) is 2.07. The molecular formula is C17H18N4O3S3. The molecule has 10 heteroatoms. The predicted molar refractivity (Wildman–Crippen MR) is 109 cm³/mol. The molecule has 3 rings (SSSR count). The maximum atomic E-state index is 12.2. The molecule has 27 heavy (non-hydrogen) atoms. The highest BCUT2D eigenvalue weighted by molar-refractivity contribution is 7.99. The average molecular weight is 423 g/mol. The molecule has 0 aliphatic rings. The standard InChI is InChI=1S/C17H18N4O3S3/c1-4-24-16(23)13-10(3)20-17(27-13)21-12(22)5-6-25-14-11-7-9(2)26-15(11)19-8-18-14/h7-8H,4-6H2,1-3H3,(H,20,21,22). The number of amides is 1. The summed E-state index contributed by atoms with van der Waals surface area (Å²) in [5.41, 5.74) is 0.555. The summed E-state index contributed by atoms with van der Waals surface area (Å²) in [6.45, 7) is 5.80. The van der Waals surface area contributed by atoms with E-state index in [0.29, 0.717) is 34.5 Å². The lowest BCUT2D eigenvalue weighted by atomic mass is 10.4. The molecule has 0 aliphatic heterocycles. The lowest BCUT2D eigenvalue weighted by molar-refractivity contribution is -0.115. The quantitative estimate of drug-likeness (QED) is 0.348. The van der Waals surface area contributed by atoms with E-state index in [0.717, 1.165) is 26.6 Å². The van der Waals surface area contributed by atoms with E-state index < -0.39 is 5.97 Å². The van der Waals surface area contributed by atoms with Crippen molar-refractivity contribution in [3.8, 4) is 0 Å². The van der Waals surface area contributed by atoms with Gasteiger partial charge in [0.05, 0.1) is 12.3 Å². The smallest absolute Gasteiger partial charge is 0.350 e. The molecule has 1 N–H and O–H groups in total. The van der Waals surface area contributed by atoms with Gasteiger partial charge in [-0.15, -0.1) is 23.1 Å². The first-order valence-corrected chi connectivity index (χ1v) is 10.9. The number of aryl methyl sites for hydroxylation is 2. The van der Waals surface area contributed by atoms with E-state index in [9.17, 15) is 9.59 Å². The maximum Gasteiger partial charge on any atom is 0.350 e. The van der Waals surface area contributed by atoms with Gasteiger partial charge in [-0.05, 0) is 26.8 Å². The first kappa shape index (κ1) is 19.7. The Morgan fingerprint density at radius 3 is 2.85 bits per heavy atom. The van der Waals surface area contributed by atoms with Gasteiger partial charge in [-0.3, -0.25) is 4.79 Å². The number of fused-ring (bicyclic) bond motifs is 1. The fraction of sp³-hybridized carbons (Fsp3) is 0.353. The Morgan fingerprint density at radius 1 is 1.26 bits per heavy atom. The molecule has 3 aromatic rings. The van der Waals surface area contributed by atoms with Gasteiger partial charge in [-0.25, -0.2) is 19.7 Å². The van der Waals surface area contributed by atoms with Gasteiger partial charge < -0.3 is 10.1 Å². The third-order valence-corrected chi connectivity index (χ3v) is 6.51. The van der Waals surface area contributed by atoms with E-state index in [1.165, 1.54) is 16.6 Å². The summed E-state index contributed by atoms with van der Waals surface area (Å²) >= 11 is 4.28. The minimum absolute atomic E-state index is 0.154. The van der Waals surface area contributed by atoms with Crippen LogP contribution in [0.4, 0.5) is 5.13 Å². The van der Waals surface area contributed by atoms with Crippen molar-refractivity contribution in [2.24, 2.45) is 0 Å². The molecule has 0 atom stereocenters. The number of ether oxygens (including phenoxy) is 1. The number of carbonyl (C=O) groups excluding carboxylic acids is 2. The highest BCUT2D eigenvalue weighted by Crippen LogP contribution is 2.30. The Balaban J connectivity index is 1.55. The number of hydrogen-bond donors (Lipinski definition) is 1. The molecule has 0 spiro atoms. The first-order valence-electron chi connectivity index (χ1n) is 8.26. The van der Waals surface area contributed by atoms with E-state index in [-0.39, 0.29) is 5.91 Å². The zero-order valence-corrected chi connectivity index (χ0v) is 17.5. The van der Waals surface area contributed by atoms with E-state index in [1.807, 2.05) is 6.92 Å². The summed E-state index contributed by atoms with van der Waals surface area (Å²) in [4.78, 5) is 39.4. The van der Waals surface area contributed by atoms with Gasteiger partial charge in [0.2, 0.25) is 5.91 Å². The molecule has 0 bridgehead atoms. The molecule has 0 aromatic carbocycles. The number of nitrogens with zero attached hydrogens (tertiary/aromatic N) is 3. The van der Waals surface area contributed by atoms with Gasteiger partial charge in [-0.1, -0.05) is 11.3 Å². The summed E-state index contributed by atoms with van der Waals surface area (Å²) < 4.78 is 4.98. The third-order valence-electron chi connectivity index (χ3n) is 3.49. The van der Waals surface area contributed by atoms with Crippen molar-refractivity contribution in [3.05, 3.63) is 27.8 Å². The zero-order chi connectivity index (χ0) is 19.4. The number of anilines is 1. The van der Waals surface area contributed by atoms with Gasteiger partial charge in [0, 0.05) is 22.4 Å². The van der Waals surface area contributed by atoms with E-state index in [2.05, 4.69) is 26.3 Å². The number of thioether (sulfide) groups is 1. The number of thiazole rings is 1. The number of rotatable bonds is 7. The minimum atomic E-state index is -0.414. The molecular weight excluding hydrogens is 404 g/mol. The van der Waals surface area contributed by atoms with Crippen molar-refractivity contribution in [1.29, 1.82) is 0 Å². The Bertz CT molecular complexity index is 983. The van der Waals surface area contributed by atoms with Crippen molar-refractivity contribution >= 4 is 61.7 Å². The van der Waals surface area contributed by atoms with Crippen LogP contribution in [0.5, 0.6) is 0 Å². The van der Waals surface area contributed by atoms with Gasteiger partial charge in [0.25, 0.3) is 0 Å². The molecule has 7 nitrogen and oxygen atoms in total. The molecule has 0 fully saturated rings. The second kappa shape index (κ2) is 8.77. The highest BCUT2D eigenvalue weighted by Gasteiger charge is 2.17. The molecule has 0 radical (unpaired) electrons. The second-order valence-corrected chi connectivity index (χ2v) is 8.87. The van der Waals surface area contributed by atoms with Crippen LogP contribution < -0.4 is 5.32 Å². The van der Waals surface area contributed by atoms with Crippen molar-refractivity contribution in [3.63, 3.8) is 0 Å². The molecule has 3 heterocycles. The summed E-state index contributed by atoms with van der Waals surface area (Å²) in [5, 5.41) is 5.06. The molecule has 0 aliphatic carbocycles. The second-order valence-electron chi connectivity index (χ2n) is 5.56. The van der Waals surface area contributed by atoms with Crippen LogP contribution in [0.3, 0.4) is 0 Å². The lowest BCUT2D eigenvalue weighted by Crippen LogP contribution is -2.12. The fourth-order valence-electron chi connectivity index (χ4n) is 2.33. The van der Waals surface area contributed by atoms with Gasteiger partial charge in [0.15, 0.2) is 5.13 Å². The SMILES string of the molecule is CCOC(=O)c1sc(NC(=O)CCSc2ncnc3sc(C)cc23)nc1C. The van der Waals surface area contributed by atoms with Crippen LogP contribution in [0, 0.1) is 13.8 Å². The molecule has 142 valence electrons. The van der Waals surface area contributed by atoms with Crippen LogP contribution in [0.25, 0.3) is 10.2 Å². The summed E-state index contributed by atoms with van der Waals surface area (Å²) in [6.07, 6.45) is 1.86.